The highest BCUT2D eigenvalue weighted by molar-refractivity contribution is 5.89. The van der Waals surface area contributed by atoms with Crippen molar-refractivity contribution in [3.05, 3.63) is 30.1 Å². The fourth-order valence-electron chi connectivity index (χ4n) is 3.47. The van der Waals surface area contributed by atoms with Gasteiger partial charge in [0.2, 0.25) is 5.91 Å². The Morgan fingerprint density at radius 1 is 1.29 bits per heavy atom. The van der Waals surface area contributed by atoms with Crippen molar-refractivity contribution in [2.75, 3.05) is 24.5 Å². The van der Waals surface area contributed by atoms with Gasteiger partial charge >= 0.3 is 0 Å². The van der Waals surface area contributed by atoms with Crippen LogP contribution in [0.2, 0.25) is 0 Å². The van der Waals surface area contributed by atoms with Crippen LogP contribution in [-0.2, 0) is 9.59 Å². The average molecular weight is 332 g/mol. The largest absolute Gasteiger partial charge is 0.365 e. The second kappa shape index (κ2) is 6.91. The number of carbonyl (C=O) groups is 2. The fraction of sp³-hybridized carbons (Fsp3) is 0.579. The van der Waals surface area contributed by atoms with Gasteiger partial charge in [-0.2, -0.15) is 0 Å². The van der Waals surface area contributed by atoms with E-state index in [0.717, 1.165) is 18.5 Å². The summed E-state index contributed by atoms with van der Waals surface area (Å²) in [5.74, 6) is 0.0254. The van der Waals surface area contributed by atoms with E-state index in [1.165, 1.54) is 12.1 Å². The monoisotopic (exact) mass is 332 g/mol. The maximum Gasteiger partial charge on any atom is 0.225 e. The maximum absolute atomic E-state index is 13.4. The lowest BCUT2D eigenvalue weighted by atomic mass is 9.99. The number of halogens is 1. The first-order valence-electron chi connectivity index (χ1n) is 8.79. The molecular weight excluding hydrogens is 307 g/mol. The van der Waals surface area contributed by atoms with E-state index < -0.39 is 0 Å². The molecule has 1 saturated carbocycles. The van der Waals surface area contributed by atoms with Gasteiger partial charge in [-0.3, -0.25) is 9.59 Å². The summed E-state index contributed by atoms with van der Waals surface area (Å²) in [5, 5.41) is 0. The van der Waals surface area contributed by atoms with Gasteiger partial charge in [-0.1, -0.05) is 13.0 Å². The molecule has 0 radical (unpaired) electrons. The quantitative estimate of drug-likeness (QED) is 0.832. The van der Waals surface area contributed by atoms with Crippen molar-refractivity contribution in [1.29, 1.82) is 0 Å². The summed E-state index contributed by atoms with van der Waals surface area (Å²) in [7, 11) is 0. The molecule has 2 atom stereocenters. The number of Topliss-reactive ketones (excluding diaryl/α,β-unsaturated/α-hetero) is 1. The topological polar surface area (TPSA) is 40.6 Å². The summed E-state index contributed by atoms with van der Waals surface area (Å²) in [5.41, 5.74) is 0.853. The molecule has 130 valence electrons. The Labute approximate surface area is 142 Å². The molecule has 1 aliphatic carbocycles. The molecule has 0 bridgehead atoms. The minimum absolute atomic E-state index is 0.0646. The molecular formula is C19H25FN2O2. The van der Waals surface area contributed by atoms with Gasteiger partial charge in [-0.15, -0.1) is 0 Å². The first-order chi connectivity index (χ1) is 11.5. The lowest BCUT2D eigenvalue weighted by molar-refractivity contribution is -0.138. The number of anilines is 1. The number of hydrogen-bond donors (Lipinski definition) is 0. The molecule has 1 heterocycles. The highest BCUT2D eigenvalue weighted by atomic mass is 19.1. The zero-order chi connectivity index (χ0) is 17.3. The summed E-state index contributed by atoms with van der Waals surface area (Å²) < 4.78 is 13.4. The van der Waals surface area contributed by atoms with Crippen molar-refractivity contribution in [1.82, 2.24) is 4.90 Å². The van der Waals surface area contributed by atoms with Crippen LogP contribution in [0, 0.1) is 17.7 Å². The van der Waals surface area contributed by atoms with Crippen molar-refractivity contribution < 1.29 is 14.0 Å². The van der Waals surface area contributed by atoms with Gasteiger partial charge in [0.1, 0.15) is 11.6 Å². The van der Waals surface area contributed by atoms with Gasteiger partial charge in [0, 0.05) is 49.6 Å². The Balaban J connectivity index is 1.58. The van der Waals surface area contributed by atoms with Gasteiger partial charge in [-0.25, -0.2) is 4.39 Å². The van der Waals surface area contributed by atoms with Crippen molar-refractivity contribution >= 4 is 17.4 Å². The number of amides is 1. The Morgan fingerprint density at radius 3 is 2.67 bits per heavy atom. The third kappa shape index (κ3) is 3.77. The molecule has 1 aromatic rings. The lowest BCUT2D eigenvalue weighted by Crippen LogP contribution is -2.54. The summed E-state index contributed by atoms with van der Waals surface area (Å²) in [6.07, 6.45) is 2.34. The van der Waals surface area contributed by atoms with E-state index in [4.69, 9.17) is 0 Å². The Bertz CT molecular complexity index is 630. The van der Waals surface area contributed by atoms with Crippen LogP contribution in [0.3, 0.4) is 0 Å². The number of piperazine rings is 1. The summed E-state index contributed by atoms with van der Waals surface area (Å²) >= 11 is 0. The van der Waals surface area contributed by atoms with Crippen LogP contribution in [0.25, 0.3) is 0 Å². The third-order valence-corrected chi connectivity index (χ3v) is 5.04. The molecule has 4 nitrogen and oxygen atoms in total. The van der Waals surface area contributed by atoms with Crippen LogP contribution in [-0.4, -0.2) is 42.3 Å². The molecule has 1 unspecified atom stereocenters. The molecule has 3 rings (SSSR count). The van der Waals surface area contributed by atoms with Crippen LogP contribution >= 0.6 is 0 Å². The average Bonchev–Trinajstić information content (AvgIpc) is 3.38. The summed E-state index contributed by atoms with van der Waals surface area (Å²) in [4.78, 5) is 28.5. The number of carbonyl (C=O) groups excluding carboxylic acids is 2. The molecule has 1 aliphatic heterocycles. The molecule has 2 aliphatic rings. The molecule has 1 aromatic carbocycles. The van der Waals surface area contributed by atoms with Crippen molar-refractivity contribution in [3.8, 4) is 0 Å². The standard InChI is InChI=1S/C19H25FN2O2/c1-13(10-18(23)15-6-7-15)19(24)21-8-9-22(14(2)12-21)17-5-3-4-16(20)11-17/h3-5,11,13-15H,6-10,12H2,1-2H3/t13?,14-/m0/s1. The van der Waals surface area contributed by atoms with Crippen molar-refractivity contribution in [2.24, 2.45) is 11.8 Å². The van der Waals surface area contributed by atoms with Crippen LogP contribution in [0.1, 0.15) is 33.1 Å². The normalized spacial score (nSPS) is 22.4. The SMILES string of the molecule is CC(CC(=O)C1CC1)C(=O)N1CCN(c2cccc(F)c2)[C@@H](C)C1. The molecule has 24 heavy (non-hydrogen) atoms. The number of benzene rings is 1. The van der Waals surface area contributed by atoms with Gasteiger partial charge < -0.3 is 9.80 Å². The Kier molecular flexibility index (Phi) is 4.88. The number of rotatable bonds is 5. The number of hydrogen-bond acceptors (Lipinski definition) is 3. The van der Waals surface area contributed by atoms with E-state index in [2.05, 4.69) is 4.90 Å². The molecule has 5 heteroatoms. The molecule has 1 amide bonds. The van der Waals surface area contributed by atoms with Crippen LogP contribution < -0.4 is 4.90 Å². The van der Waals surface area contributed by atoms with Crippen molar-refractivity contribution in [3.63, 3.8) is 0 Å². The predicted molar refractivity (Wildman–Crippen MR) is 91.3 cm³/mol. The van der Waals surface area contributed by atoms with Gasteiger partial charge in [0.15, 0.2) is 0 Å². The van der Waals surface area contributed by atoms with Gasteiger partial charge in [0.05, 0.1) is 0 Å². The molecule has 1 saturated heterocycles. The first kappa shape index (κ1) is 16.9. The van der Waals surface area contributed by atoms with E-state index in [1.807, 2.05) is 24.8 Å². The molecule has 0 N–H and O–H groups in total. The Hall–Kier alpha value is -1.91. The minimum atomic E-state index is -0.245. The van der Waals surface area contributed by atoms with Crippen LogP contribution in [0.5, 0.6) is 0 Å². The van der Waals surface area contributed by atoms with E-state index in [0.29, 0.717) is 26.1 Å². The van der Waals surface area contributed by atoms with Crippen molar-refractivity contribution in [2.45, 2.75) is 39.2 Å². The van der Waals surface area contributed by atoms with Gasteiger partial charge in [0.25, 0.3) is 0 Å². The third-order valence-electron chi connectivity index (χ3n) is 5.04. The first-order valence-corrected chi connectivity index (χ1v) is 8.79. The second-order valence-corrected chi connectivity index (χ2v) is 7.15. The van der Waals surface area contributed by atoms with Gasteiger partial charge in [-0.05, 0) is 38.0 Å². The van der Waals surface area contributed by atoms with E-state index >= 15 is 0 Å². The summed E-state index contributed by atoms with van der Waals surface area (Å²) in [6, 6.07) is 6.70. The Morgan fingerprint density at radius 2 is 2.04 bits per heavy atom. The molecule has 0 aromatic heterocycles. The van der Waals surface area contributed by atoms with Crippen LogP contribution in [0.15, 0.2) is 24.3 Å². The summed E-state index contributed by atoms with van der Waals surface area (Å²) in [6.45, 7) is 5.80. The van der Waals surface area contributed by atoms with Crippen LogP contribution in [0.4, 0.5) is 10.1 Å². The molecule has 2 fully saturated rings. The smallest absolute Gasteiger partial charge is 0.225 e. The van der Waals surface area contributed by atoms with E-state index in [-0.39, 0.29) is 35.4 Å². The highest BCUT2D eigenvalue weighted by Gasteiger charge is 2.34. The predicted octanol–water partition coefficient (Wildman–Crippen LogP) is 2.87. The fourth-order valence-corrected chi connectivity index (χ4v) is 3.47. The maximum atomic E-state index is 13.4. The zero-order valence-corrected chi connectivity index (χ0v) is 14.4. The number of ketones is 1. The van der Waals surface area contributed by atoms with E-state index in [9.17, 15) is 14.0 Å². The van der Waals surface area contributed by atoms with E-state index in [1.54, 1.807) is 6.07 Å². The number of nitrogens with zero attached hydrogens (tertiary/aromatic N) is 2. The molecule has 0 spiro atoms. The second-order valence-electron chi connectivity index (χ2n) is 7.15. The zero-order valence-electron chi connectivity index (χ0n) is 14.4. The lowest BCUT2D eigenvalue weighted by Gasteiger charge is -2.42. The highest BCUT2D eigenvalue weighted by Crippen LogP contribution is 2.32. The minimum Gasteiger partial charge on any atom is -0.365 e.